The van der Waals surface area contributed by atoms with Crippen LogP contribution in [0.15, 0.2) is 0 Å². The van der Waals surface area contributed by atoms with Gasteiger partial charge in [0.05, 0.1) is 0 Å². The summed E-state index contributed by atoms with van der Waals surface area (Å²) in [6, 6.07) is -0.386. The average Bonchev–Trinajstić information content (AvgIpc) is 2.11. The van der Waals surface area contributed by atoms with E-state index in [-0.39, 0.29) is 12.6 Å². The lowest BCUT2D eigenvalue weighted by atomic mass is 10.4. The Balaban J connectivity index is 3.57. The van der Waals surface area contributed by atoms with Crippen LogP contribution in [-0.2, 0) is 9.53 Å². The van der Waals surface area contributed by atoms with Crippen molar-refractivity contribution in [3.05, 3.63) is 0 Å². The predicted octanol–water partition coefficient (Wildman–Crippen LogP) is -0.251. The fourth-order valence-corrected chi connectivity index (χ4v) is 0.821. The minimum atomic E-state index is -1.03. The number of aliphatic carboxylic acids is 1. The van der Waals surface area contributed by atoms with Crippen LogP contribution in [0.5, 0.6) is 0 Å². The van der Waals surface area contributed by atoms with E-state index in [9.17, 15) is 9.59 Å². The minimum Gasteiger partial charge on any atom is -0.480 e. The number of carbonyl (C=O) groups is 2. The van der Waals surface area contributed by atoms with E-state index >= 15 is 0 Å². The Bertz CT molecular complexity index is 196. The molecular formula is C8H16N2O4. The summed E-state index contributed by atoms with van der Waals surface area (Å²) < 4.78 is 4.79. The molecule has 0 aromatic rings. The van der Waals surface area contributed by atoms with E-state index in [4.69, 9.17) is 9.84 Å². The van der Waals surface area contributed by atoms with Crippen molar-refractivity contribution in [1.29, 1.82) is 0 Å². The van der Waals surface area contributed by atoms with Crippen LogP contribution in [-0.4, -0.2) is 55.9 Å². The number of ether oxygens (including phenoxy) is 1. The van der Waals surface area contributed by atoms with Crippen molar-refractivity contribution in [3.63, 3.8) is 0 Å². The second-order valence-corrected chi connectivity index (χ2v) is 2.83. The predicted molar refractivity (Wildman–Crippen MR) is 50.2 cm³/mol. The SMILES string of the molecule is COCCCNC(=O)N(C)CC(=O)O. The Morgan fingerprint density at radius 3 is 2.64 bits per heavy atom. The average molecular weight is 204 g/mol. The van der Waals surface area contributed by atoms with Gasteiger partial charge in [0.1, 0.15) is 6.54 Å². The number of nitrogens with zero attached hydrogens (tertiary/aromatic N) is 1. The van der Waals surface area contributed by atoms with Gasteiger partial charge in [-0.15, -0.1) is 0 Å². The highest BCUT2D eigenvalue weighted by Gasteiger charge is 2.10. The van der Waals surface area contributed by atoms with Gasteiger partial charge in [-0.1, -0.05) is 0 Å². The maximum atomic E-state index is 11.2. The molecule has 0 bridgehead atoms. The number of amides is 2. The van der Waals surface area contributed by atoms with Crippen LogP contribution < -0.4 is 5.32 Å². The van der Waals surface area contributed by atoms with Crippen LogP contribution in [0.1, 0.15) is 6.42 Å². The second kappa shape index (κ2) is 7.14. The normalized spacial score (nSPS) is 9.57. The van der Waals surface area contributed by atoms with E-state index in [1.54, 1.807) is 7.11 Å². The maximum Gasteiger partial charge on any atom is 0.323 e. The summed E-state index contributed by atoms with van der Waals surface area (Å²) in [5.74, 6) is -1.03. The topological polar surface area (TPSA) is 78.9 Å². The van der Waals surface area contributed by atoms with Crippen molar-refractivity contribution in [1.82, 2.24) is 10.2 Å². The van der Waals surface area contributed by atoms with Crippen LogP contribution in [0.25, 0.3) is 0 Å². The maximum absolute atomic E-state index is 11.2. The van der Waals surface area contributed by atoms with Crippen molar-refractivity contribution in [2.45, 2.75) is 6.42 Å². The summed E-state index contributed by atoms with van der Waals surface area (Å²) in [5, 5.41) is 11.0. The summed E-state index contributed by atoms with van der Waals surface area (Å²) in [7, 11) is 3.01. The molecular weight excluding hydrogens is 188 g/mol. The van der Waals surface area contributed by atoms with Gasteiger partial charge in [-0.05, 0) is 6.42 Å². The molecule has 0 heterocycles. The number of urea groups is 1. The zero-order valence-electron chi connectivity index (χ0n) is 8.45. The highest BCUT2D eigenvalue weighted by Crippen LogP contribution is 1.85. The third-order valence-electron chi connectivity index (χ3n) is 1.52. The van der Waals surface area contributed by atoms with E-state index in [1.165, 1.54) is 7.05 Å². The number of likely N-dealkylation sites (N-methyl/N-ethyl adjacent to an activating group) is 1. The zero-order chi connectivity index (χ0) is 11.0. The number of methoxy groups -OCH3 is 1. The number of carboxylic acid groups (broad SMARTS) is 1. The number of hydrogen-bond acceptors (Lipinski definition) is 3. The van der Waals surface area contributed by atoms with Crippen molar-refractivity contribution in [2.75, 3.05) is 33.9 Å². The van der Waals surface area contributed by atoms with Gasteiger partial charge in [0.15, 0.2) is 0 Å². The molecule has 0 aliphatic heterocycles. The summed E-state index contributed by atoms with van der Waals surface area (Å²) >= 11 is 0. The van der Waals surface area contributed by atoms with E-state index in [0.29, 0.717) is 19.6 Å². The zero-order valence-corrected chi connectivity index (χ0v) is 8.45. The molecule has 6 heteroatoms. The fraction of sp³-hybridized carbons (Fsp3) is 0.750. The molecule has 0 rings (SSSR count). The first kappa shape index (κ1) is 12.7. The minimum absolute atomic E-state index is 0.296. The van der Waals surface area contributed by atoms with Gasteiger partial charge in [0.2, 0.25) is 0 Å². The van der Waals surface area contributed by atoms with Crippen molar-refractivity contribution >= 4 is 12.0 Å². The monoisotopic (exact) mass is 204 g/mol. The highest BCUT2D eigenvalue weighted by molar-refractivity contribution is 5.79. The molecule has 6 nitrogen and oxygen atoms in total. The fourth-order valence-electron chi connectivity index (χ4n) is 0.821. The first-order valence-electron chi connectivity index (χ1n) is 4.27. The molecule has 0 radical (unpaired) electrons. The van der Waals surface area contributed by atoms with E-state index < -0.39 is 5.97 Å². The quantitative estimate of drug-likeness (QED) is 0.585. The lowest BCUT2D eigenvalue weighted by molar-refractivity contribution is -0.137. The second-order valence-electron chi connectivity index (χ2n) is 2.83. The Morgan fingerprint density at radius 2 is 2.14 bits per heavy atom. The van der Waals surface area contributed by atoms with Crippen molar-refractivity contribution in [2.24, 2.45) is 0 Å². The molecule has 82 valence electrons. The first-order valence-corrected chi connectivity index (χ1v) is 4.27. The summed E-state index contributed by atoms with van der Waals surface area (Å²) in [6.45, 7) is 0.760. The molecule has 14 heavy (non-hydrogen) atoms. The summed E-state index contributed by atoms with van der Waals surface area (Å²) in [6.07, 6.45) is 0.711. The molecule has 0 aliphatic carbocycles. The van der Waals surface area contributed by atoms with Gasteiger partial charge in [0, 0.05) is 27.3 Å². The Kier molecular flexibility index (Phi) is 6.47. The molecule has 0 aliphatic rings. The van der Waals surface area contributed by atoms with Crippen LogP contribution >= 0.6 is 0 Å². The molecule has 2 amide bonds. The van der Waals surface area contributed by atoms with Crippen molar-refractivity contribution in [3.8, 4) is 0 Å². The molecule has 0 spiro atoms. The summed E-state index contributed by atoms with van der Waals surface area (Å²) in [4.78, 5) is 22.5. The third-order valence-corrected chi connectivity index (χ3v) is 1.52. The standard InChI is InChI=1S/C8H16N2O4/c1-10(6-7(11)12)8(13)9-4-3-5-14-2/h3-6H2,1-2H3,(H,9,13)(H,11,12). The Hall–Kier alpha value is -1.30. The number of carboxylic acids is 1. The molecule has 0 fully saturated rings. The molecule has 0 atom stereocenters. The van der Waals surface area contributed by atoms with Gasteiger partial charge in [-0.25, -0.2) is 4.79 Å². The number of carbonyl (C=O) groups excluding carboxylic acids is 1. The van der Waals surface area contributed by atoms with E-state index in [0.717, 1.165) is 4.90 Å². The van der Waals surface area contributed by atoms with E-state index in [2.05, 4.69) is 5.32 Å². The Labute approximate surface area is 82.8 Å². The van der Waals surface area contributed by atoms with Gasteiger partial charge >= 0.3 is 12.0 Å². The van der Waals surface area contributed by atoms with Gasteiger partial charge in [-0.3, -0.25) is 4.79 Å². The lowest BCUT2D eigenvalue weighted by Crippen LogP contribution is -2.40. The van der Waals surface area contributed by atoms with Gasteiger partial charge in [0.25, 0.3) is 0 Å². The summed E-state index contributed by atoms with van der Waals surface area (Å²) in [5.41, 5.74) is 0. The van der Waals surface area contributed by atoms with Crippen LogP contribution in [0.2, 0.25) is 0 Å². The largest absolute Gasteiger partial charge is 0.480 e. The van der Waals surface area contributed by atoms with Crippen molar-refractivity contribution < 1.29 is 19.4 Å². The van der Waals surface area contributed by atoms with Crippen LogP contribution in [0, 0.1) is 0 Å². The van der Waals surface area contributed by atoms with E-state index in [1.807, 2.05) is 0 Å². The lowest BCUT2D eigenvalue weighted by Gasteiger charge is -2.15. The third kappa shape index (κ3) is 6.24. The van der Waals surface area contributed by atoms with Gasteiger partial charge in [-0.2, -0.15) is 0 Å². The number of rotatable bonds is 6. The van der Waals surface area contributed by atoms with Gasteiger partial charge < -0.3 is 20.1 Å². The number of nitrogens with one attached hydrogen (secondary N) is 1. The number of hydrogen-bond donors (Lipinski definition) is 2. The van der Waals surface area contributed by atoms with Crippen LogP contribution in [0.4, 0.5) is 4.79 Å². The Morgan fingerprint density at radius 1 is 1.50 bits per heavy atom. The molecule has 2 N–H and O–H groups in total. The molecule has 0 saturated carbocycles. The molecule has 0 aromatic carbocycles. The smallest absolute Gasteiger partial charge is 0.323 e. The first-order chi connectivity index (χ1) is 6.57. The van der Waals surface area contributed by atoms with Crippen LogP contribution in [0.3, 0.4) is 0 Å². The molecule has 0 saturated heterocycles. The highest BCUT2D eigenvalue weighted by atomic mass is 16.5. The molecule has 0 aromatic heterocycles. The molecule has 0 unspecified atom stereocenters.